The highest BCUT2D eigenvalue weighted by Crippen LogP contribution is 2.36. The van der Waals surface area contributed by atoms with E-state index < -0.39 is 39.2 Å². The number of halogens is 4. The Balaban J connectivity index is 1.77. The number of amides is 1. The molecular weight excluding hydrogens is 543 g/mol. The third-order valence-corrected chi connectivity index (χ3v) is 7.69. The summed E-state index contributed by atoms with van der Waals surface area (Å²) in [6.07, 6.45) is 2.55. The number of carbonyl (C=O) groups is 2. The zero-order chi connectivity index (χ0) is 26.7. The van der Waals surface area contributed by atoms with Crippen LogP contribution in [-0.4, -0.2) is 42.7 Å². The molecule has 36 heavy (non-hydrogen) atoms. The minimum Gasteiger partial charge on any atom is -0.438 e. The van der Waals surface area contributed by atoms with Crippen molar-refractivity contribution in [1.82, 2.24) is 9.97 Å². The highest BCUT2D eigenvalue weighted by molar-refractivity contribution is 7.90. The lowest BCUT2D eigenvalue weighted by Crippen LogP contribution is -2.26. The van der Waals surface area contributed by atoms with Crippen LogP contribution < -0.4 is 5.32 Å². The van der Waals surface area contributed by atoms with E-state index in [1.807, 2.05) is 0 Å². The van der Waals surface area contributed by atoms with E-state index in [1.165, 1.54) is 12.1 Å². The van der Waals surface area contributed by atoms with Gasteiger partial charge >= 0.3 is 12.1 Å². The Hall–Kier alpha value is -2.38. The molecule has 1 amide bonds. The number of hydrogen-bond donors (Lipinski definition) is 2. The third-order valence-electron chi connectivity index (χ3n) is 5.74. The Labute approximate surface area is 216 Å². The molecule has 1 unspecified atom stereocenters. The molecule has 1 aliphatic carbocycles. The van der Waals surface area contributed by atoms with Crippen molar-refractivity contribution in [3.8, 4) is 0 Å². The van der Waals surface area contributed by atoms with Crippen molar-refractivity contribution in [2.24, 2.45) is 5.92 Å². The van der Waals surface area contributed by atoms with E-state index in [4.69, 9.17) is 11.6 Å². The van der Waals surface area contributed by atoms with Gasteiger partial charge in [0, 0.05) is 6.26 Å². The minimum atomic E-state index is -5.18. The predicted octanol–water partition coefficient (Wildman–Crippen LogP) is 4.87. The number of sulfone groups is 1. The fourth-order valence-corrected chi connectivity index (χ4v) is 5.55. The number of anilines is 1. The average molecular weight is 566 g/mol. The number of nitrogens with one attached hydrogen (secondary N) is 1. The summed E-state index contributed by atoms with van der Waals surface area (Å²) in [4.78, 5) is 32.0. The van der Waals surface area contributed by atoms with Crippen LogP contribution in [0, 0.1) is 5.92 Å². The highest BCUT2D eigenvalue weighted by Gasteiger charge is 2.42. The highest BCUT2D eigenvalue weighted by atomic mass is 35.5. The second-order valence-electron chi connectivity index (χ2n) is 8.47. The van der Waals surface area contributed by atoms with E-state index in [0.717, 1.165) is 44.3 Å². The summed E-state index contributed by atoms with van der Waals surface area (Å²) >= 11 is 9.99. The van der Waals surface area contributed by atoms with E-state index in [0.29, 0.717) is 17.9 Å². The van der Waals surface area contributed by atoms with E-state index in [2.05, 4.69) is 32.7 Å². The third kappa shape index (κ3) is 7.32. The summed E-state index contributed by atoms with van der Waals surface area (Å²) in [6.45, 7) is 0. The summed E-state index contributed by atoms with van der Waals surface area (Å²) in [7, 11) is -3.54. The van der Waals surface area contributed by atoms with E-state index in [9.17, 15) is 31.2 Å². The lowest BCUT2D eigenvalue weighted by atomic mass is 9.87. The Morgan fingerprint density at radius 1 is 1.22 bits per heavy atom. The fourth-order valence-electron chi connectivity index (χ4n) is 3.98. The first-order valence-corrected chi connectivity index (χ1v) is 13.6. The fraction of sp³-hybridized carbons (Fsp3) is 0.455. The lowest BCUT2D eigenvalue weighted by molar-refractivity contribution is -0.201. The molecule has 0 spiro atoms. The number of alkyl halides is 3. The van der Waals surface area contributed by atoms with Crippen LogP contribution in [0.1, 0.15) is 54.7 Å². The molecule has 2 atom stereocenters. The first kappa shape index (κ1) is 28.2. The average Bonchev–Trinajstić information content (AvgIpc) is 3.29. The van der Waals surface area contributed by atoms with Gasteiger partial charge < -0.3 is 10.1 Å². The molecule has 1 aliphatic rings. The van der Waals surface area contributed by atoms with Gasteiger partial charge in [0.2, 0.25) is 5.91 Å². The van der Waals surface area contributed by atoms with Crippen molar-refractivity contribution in [2.75, 3.05) is 11.6 Å². The predicted molar refractivity (Wildman–Crippen MR) is 128 cm³/mol. The number of rotatable bonds is 8. The molecule has 1 heterocycles. The monoisotopic (exact) mass is 565 g/mol. The standard InChI is InChI=1S/C22H23ClF3N3O5S2/c1-36(32,33)17-7-6-13(9-15(17)23)14(8-12-4-2-3-5-12)19(30)29-18-11-27-16(10-28-18)20(35)34-21(31)22(24,25)26/h6-7,9-12,14,20,35H,2-5,8H2,1H3,(H,28,29,30)/t14-,20?/m1/s1. The first-order chi connectivity index (χ1) is 16.8. The molecule has 2 aromatic rings. The quantitative estimate of drug-likeness (QED) is 0.266. The number of benzene rings is 1. The minimum absolute atomic E-state index is 0.0107. The molecule has 1 fully saturated rings. The second kappa shape index (κ2) is 11.3. The van der Waals surface area contributed by atoms with Crippen molar-refractivity contribution in [2.45, 2.75) is 54.5 Å². The van der Waals surface area contributed by atoms with Crippen molar-refractivity contribution in [3.05, 3.63) is 46.9 Å². The smallest absolute Gasteiger partial charge is 0.438 e. The van der Waals surface area contributed by atoms with Gasteiger partial charge in [0.25, 0.3) is 0 Å². The van der Waals surface area contributed by atoms with Crippen LogP contribution in [0.3, 0.4) is 0 Å². The molecule has 0 bridgehead atoms. The Morgan fingerprint density at radius 2 is 1.89 bits per heavy atom. The van der Waals surface area contributed by atoms with E-state index >= 15 is 0 Å². The summed E-state index contributed by atoms with van der Waals surface area (Å²) in [5.41, 5.74) is -1.24. The lowest BCUT2D eigenvalue weighted by Gasteiger charge is -2.21. The van der Waals surface area contributed by atoms with Crippen molar-refractivity contribution in [1.29, 1.82) is 0 Å². The molecule has 1 aromatic carbocycles. The van der Waals surface area contributed by atoms with Crippen LogP contribution in [0.4, 0.5) is 19.0 Å². The molecule has 14 heteroatoms. The van der Waals surface area contributed by atoms with Crippen LogP contribution in [0.5, 0.6) is 0 Å². The van der Waals surface area contributed by atoms with Gasteiger partial charge in [0.05, 0.1) is 28.2 Å². The van der Waals surface area contributed by atoms with Gasteiger partial charge in [-0.15, -0.1) is 12.6 Å². The van der Waals surface area contributed by atoms with Gasteiger partial charge in [-0.05, 0) is 30.0 Å². The maximum absolute atomic E-state index is 13.2. The number of carbonyl (C=O) groups excluding carboxylic acids is 2. The molecule has 196 valence electrons. The van der Waals surface area contributed by atoms with Crippen LogP contribution in [-0.2, 0) is 24.2 Å². The number of esters is 1. The zero-order valence-electron chi connectivity index (χ0n) is 19.0. The molecular formula is C22H23ClF3N3O5S2. The molecule has 0 aliphatic heterocycles. The molecule has 0 saturated heterocycles. The van der Waals surface area contributed by atoms with Crippen LogP contribution in [0.2, 0.25) is 5.02 Å². The first-order valence-electron chi connectivity index (χ1n) is 10.8. The molecule has 8 nitrogen and oxygen atoms in total. The Kier molecular flexibility index (Phi) is 8.88. The zero-order valence-corrected chi connectivity index (χ0v) is 21.4. The number of thiol groups is 1. The maximum atomic E-state index is 13.2. The number of aromatic nitrogens is 2. The Bertz CT molecular complexity index is 1220. The summed E-state index contributed by atoms with van der Waals surface area (Å²) in [6, 6.07) is 4.38. The van der Waals surface area contributed by atoms with E-state index in [-0.39, 0.29) is 21.4 Å². The molecule has 0 radical (unpaired) electrons. The van der Waals surface area contributed by atoms with E-state index in [1.54, 1.807) is 6.07 Å². The van der Waals surface area contributed by atoms with Gasteiger partial charge in [0.15, 0.2) is 21.1 Å². The summed E-state index contributed by atoms with van der Waals surface area (Å²) < 4.78 is 65.1. The largest absolute Gasteiger partial charge is 0.490 e. The summed E-state index contributed by atoms with van der Waals surface area (Å²) in [5.74, 6) is -3.20. The number of ether oxygens (including phenoxy) is 1. The molecule has 1 N–H and O–H groups in total. The van der Waals surface area contributed by atoms with Gasteiger partial charge in [-0.2, -0.15) is 13.2 Å². The normalized spacial score (nSPS) is 16.4. The molecule has 1 saturated carbocycles. The van der Waals surface area contributed by atoms with Crippen molar-refractivity contribution >= 4 is 51.8 Å². The van der Waals surface area contributed by atoms with Gasteiger partial charge in [-0.1, -0.05) is 43.4 Å². The van der Waals surface area contributed by atoms with Crippen LogP contribution in [0.15, 0.2) is 35.5 Å². The number of hydrogen-bond acceptors (Lipinski definition) is 8. The van der Waals surface area contributed by atoms with Gasteiger partial charge in [-0.25, -0.2) is 18.2 Å². The SMILES string of the molecule is CS(=O)(=O)c1ccc([C@@H](CC2CCCC2)C(=O)Nc2cnc(C(S)OC(=O)C(F)(F)F)cn2)cc1Cl. The summed E-state index contributed by atoms with van der Waals surface area (Å²) in [5, 5.41) is 2.63. The van der Waals surface area contributed by atoms with Crippen LogP contribution in [0.25, 0.3) is 0 Å². The molecule has 1 aromatic heterocycles. The van der Waals surface area contributed by atoms with Crippen LogP contribution >= 0.6 is 24.2 Å². The number of nitrogens with zero attached hydrogens (tertiary/aromatic N) is 2. The second-order valence-corrected chi connectivity index (χ2v) is 11.3. The van der Waals surface area contributed by atoms with Crippen molar-refractivity contribution in [3.63, 3.8) is 0 Å². The van der Waals surface area contributed by atoms with Crippen molar-refractivity contribution < 1.29 is 35.9 Å². The van der Waals surface area contributed by atoms with Gasteiger partial charge in [0.1, 0.15) is 5.69 Å². The topological polar surface area (TPSA) is 115 Å². The van der Waals surface area contributed by atoms with Gasteiger partial charge in [-0.3, -0.25) is 9.78 Å². The maximum Gasteiger partial charge on any atom is 0.490 e. The molecule has 3 rings (SSSR count). The Morgan fingerprint density at radius 3 is 2.42 bits per heavy atom.